The molecule has 0 aliphatic carbocycles. The molecule has 0 radical (unpaired) electrons. The molecule has 0 aliphatic heterocycles. The number of rotatable bonds is 9. The third-order valence-corrected chi connectivity index (χ3v) is 6.76. The van der Waals surface area contributed by atoms with Gasteiger partial charge in [0.25, 0.3) is 0 Å². The van der Waals surface area contributed by atoms with Crippen molar-refractivity contribution in [2.24, 2.45) is 21.8 Å². The predicted molar refractivity (Wildman–Crippen MR) is 156 cm³/mol. The van der Waals surface area contributed by atoms with Crippen molar-refractivity contribution in [2.45, 2.75) is 32.2 Å². The van der Waals surface area contributed by atoms with Gasteiger partial charge in [0.05, 0.1) is 11.5 Å². The van der Waals surface area contributed by atoms with Crippen LogP contribution in [0.25, 0.3) is 11.1 Å². The summed E-state index contributed by atoms with van der Waals surface area (Å²) in [5, 5.41) is 7.94. The van der Waals surface area contributed by atoms with E-state index in [-0.39, 0.29) is 29.8 Å². The lowest BCUT2D eigenvalue weighted by molar-refractivity contribution is -0.143. The van der Waals surface area contributed by atoms with E-state index in [2.05, 4.69) is 10.3 Å². The van der Waals surface area contributed by atoms with Gasteiger partial charge in [-0.05, 0) is 48.2 Å². The molecule has 0 aromatic heterocycles. The summed E-state index contributed by atoms with van der Waals surface area (Å²) in [6, 6.07) is 19.6. The van der Waals surface area contributed by atoms with Crippen LogP contribution in [0.5, 0.6) is 0 Å². The molecule has 3 aromatic carbocycles. The Morgan fingerprint density at radius 1 is 1.00 bits per heavy atom. The number of benzene rings is 3. The van der Waals surface area contributed by atoms with Crippen molar-refractivity contribution < 1.29 is 27.5 Å². The normalized spacial score (nSPS) is 11.7. The quantitative estimate of drug-likeness (QED) is 0.198. The van der Waals surface area contributed by atoms with Crippen molar-refractivity contribution in [3.8, 4) is 11.1 Å². The van der Waals surface area contributed by atoms with Gasteiger partial charge in [-0.2, -0.15) is 4.99 Å². The summed E-state index contributed by atoms with van der Waals surface area (Å²) in [6.45, 7) is 6.11. The number of carbonyl (C=O) groups excluding carboxylic acids is 3. The SMILES string of the molecule is CCOC(=O)N=C(N)c1cccc(CN(CC(C)C)C(=O)C(=O)Nc2ccc(-c3ccccc3S(N)(=O)=O)cc2)c1. The first-order chi connectivity index (χ1) is 19.4. The van der Waals surface area contributed by atoms with Crippen molar-refractivity contribution in [1.82, 2.24) is 4.90 Å². The van der Waals surface area contributed by atoms with Crippen molar-refractivity contribution in [3.05, 3.63) is 83.9 Å². The lowest BCUT2D eigenvalue weighted by atomic mass is 10.1. The van der Waals surface area contributed by atoms with Crippen LogP contribution < -0.4 is 16.2 Å². The van der Waals surface area contributed by atoms with Gasteiger partial charge in [0.15, 0.2) is 0 Å². The van der Waals surface area contributed by atoms with Gasteiger partial charge in [-0.1, -0.05) is 62.4 Å². The number of amidine groups is 1. The van der Waals surface area contributed by atoms with Crippen LogP contribution in [-0.2, 0) is 30.9 Å². The van der Waals surface area contributed by atoms with Crippen LogP contribution in [0.1, 0.15) is 31.9 Å². The van der Waals surface area contributed by atoms with Gasteiger partial charge in [-0.3, -0.25) is 9.59 Å². The monoisotopic (exact) mass is 579 g/mol. The first kappa shape index (κ1) is 31.0. The van der Waals surface area contributed by atoms with Gasteiger partial charge < -0.3 is 20.7 Å². The first-order valence-corrected chi connectivity index (χ1v) is 14.4. The minimum absolute atomic E-state index is 0.0192. The molecule has 3 rings (SSSR count). The molecule has 11 nitrogen and oxygen atoms in total. The minimum atomic E-state index is -3.94. The fourth-order valence-electron chi connectivity index (χ4n) is 4.04. The second-order valence-electron chi connectivity index (χ2n) is 9.55. The minimum Gasteiger partial charge on any atom is -0.448 e. The molecule has 0 spiro atoms. The third-order valence-electron chi connectivity index (χ3n) is 5.79. The third kappa shape index (κ3) is 8.72. The summed E-state index contributed by atoms with van der Waals surface area (Å²) in [5.74, 6) is -1.52. The molecule has 41 heavy (non-hydrogen) atoms. The zero-order valence-corrected chi connectivity index (χ0v) is 23.9. The number of nitrogens with one attached hydrogen (secondary N) is 1. The number of nitrogens with two attached hydrogens (primary N) is 2. The molecule has 5 N–H and O–H groups in total. The average Bonchev–Trinajstić information content (AvgIpc) is 2.92. The van der Waals surface area contributed by atoms with Gasteiger partial charge in [0.1, 0.15) is 5.84 Å². The number of nitrogens with zero attached hydrogens (tertiary/aromatic N) is 2. The first-order valence-electron chi connectivity index (χ1n) is 12.8. The summed E-state index contributed by atoms with van der Waals surface area (Å²) in [5.41, 5.74) is 8.45. The van der Waals surface area contributed by atoms with Gasteiger partial charge >= 0.3 is 17.9 Å². The number of primary sulfonamides is 1. The second-order valence-corrected chi connectivity index (χ2v) is 11.1. The fraction of sp³-hybridized carbons (Fsp3) is 0.241. The summed E-state index contributed by atoms with van der Waals surface area (Å²) in [4.78, 5) is 42.9. The lowest BCUT2D eigenvalue weighted by Crippen LogP contribution is -2.41. The van der Waals surface area contributed by atoms with Gasteiger partial charge in [0, 0.05) is 29.9 Å². The highest BCUT2D eigenvalue weighted by Crippen LogP contribution is 2.27. The summed E-state index contributed by atoms with van der Waals surface area (Å²) in [7, 11) is -3.94. The lowest BCUT2D eigenvalue weighted by Gasteiger charge is -2.24. The Kier molecular flexibility index (Phi) is 10.3. The van der Waals surface area contributed by atoms with E-state index in [0.717, 1.165) is 0 Å². The fourth-order valence-corrected chi connectivity index (χ4v) is 4.80. The van der Waals surface area contributed by atoms with Crippen LogP contribution >= 0.6 is 0 Å². The van der Waals surface area contributed by atoms with Crippen molar-refractivity contribution in [3.63, 3.8) is 0 Å². The molecule has 0 bridgehead atoms. The topological polar surface area (TPSA) is 174 Å². The van der Waals surface area contributed by atoms with Crippen LogP contribution in [0.3, 0.4) is 0 Å². The number of sulfonamides is 1. The molecular formula is C29H33N5O6S. The standard InChI is InChI=1S/C29H33N5O6S/c1-4-40-29(37)33-26(30)22-9-7-8-20(16-22)18-34(17-19(2)3)28(36)27(35)32-23-14-12-21(13-15-23)24-10-5-6-11-25(24)41(31,38)39/h5-16,19H,4,17-18H2,1-3H3,(H,32,35)(H2,30,33,37)(H2,31,38,39). The van der Waals surface area contributed by atoms with E-state index in [4.69, 9.17) is 15.6 Å². The molecule has 0 aliphatic rings. The molecule has 0 saturated carbocycles. The Morgan fingerprint density at radius 2 is 1.68 bits per heavy atom. The molecule has 3 amide bonds. The maximum Gasteiger partial charge on any atom is 0.435 e. The molecule has 3 aromatic rings. The molecule has 0 unspecified atom stereocenters. The average molecular weight is 580 g/mol. The summed E-state index contributed by atoms with van der Waals surface area (Å²) < 4.78 is 28.7. The molecule has 0 fully saturated rings. The van der Waals surface area contributed by atoms with E-state index in [1.54, 1.807) is 73.7 Å². The zero-order valence-electron chi connectivity index (χ0n) is 23.0. The van der Waals surface area contributed by atoms with Crippen molar-refractivity contribution in [2.75, 3.05) is 18.5 Å². The van der Waals surface area contributed by atoms with Crippen LogP contribution in [0, 0.1) is 5.92 Å². The highest BCUT2D eigenvalue weighted by atomic mass is 32.2. The Bertz CT molecular complexity index is 1550. The number of amides is 3. The number of aliphatic imine (C=N–C) groups is 1. The maximum absolute atomic E-state index is 13.2. The van der Waals surface area contributed by atoms with Gasteiger partial charge in [-0.25, -0.2) is 18.4 Å². The molecule has 12 heteroatoms. The van der Waals surface area contributed by atoms with Crippen molar-refractivity contribution >= 4 is 39.5 Å². The molecule has 0 saturated heterocycles. The van der Waals surface area contributed by atoms with Crippen LogP contribution in [-0.4, -0.2) is 50.2 Å². The van der Waals surface area contributed by atoms with Crippen LogP contribution in [0.4, 0.5) is 10.5 Å². The van der Waals surface area contributed by atoms with Gasteiger partial charge in [-0.15, -0.1) is 0 Å². The molecular weight excluding hydrogens is 546 g/mol. The van der Waals surface area contributed by atoms with E-state index < -0.39 is 27.9 Å². The van der Waals surface area contributed by atoms with Crippen molar-refractivity contribution in [1.29, 1.82) is 0 Å². The largest absolute Gasteiger partial charge is 0.448 e. The Labute approximate surface area is 239 Å². The van der Waals surface area contributed by atoms with E-state index >= 15 is 0 Å². The molecule has 0 heterocycles. The Balaban J connectivity index is 1.76. The summed E-state index contributed by atoms with van der Waals surface area (Å²) in [6.07, 6.45) is -0.801. The van der Waals surface area contributed by atoms with E-state index in [1.165, 1.54) is 11.0 Å². The zero-order chi connectivity index (χ0) is 30.2. The van der Waals surface area contributed by atoms with Crippen LogP contribution in [0.2, 0.25) is 0 Å². The number of anilines is 1. The Morgan fingerprint density at radius 3 is 2.32 bits per heavy atom. The van der Waals surface area contributed by atoms with E-state index in [0.29, 0.717) is 34.5 Å². The molecule has 0 atom stereocenters. The Hall–Kier alpha value is -4.55. The second kappa shape index (κ2) is 13.7. The maximum atomic E-state index is 13.2. The van der Waals surface area contributed by atoms with Crippen LogP contribution in [0.15, 0.2) is 82.7 Å². The van der Waals surface area contributed by atoms with E-state index in [1.807, 2.05) is 13.8 Å². The predicted octanol–water partition coefficient (Wildman–Crippen LogP) is 3.49. The highest BCUT2D eigenvalue weighted by Gasteiger charge is 2.23. The highest BCUT2D eigenvalue weighted by molar-refractivity contribution is 7.89. The van der Waals surface area contributed by atoms with E-state index in [9.17, 15) is 22.8 Å². The number of hydrogen-bond acceptors (Lipinski definition) is 6. The smallest absolute Gasteiger partial charge is 0.435 e. The summed E-state index contributed by atoms with van der Waals surface area (Å²) >= 11 is 0. The molecule has 216 valence electrons. The number of ether oxygens (including phenoxy) is 1. The number of carbonyl (C=O) groups is 3. The van der Waals surface area contributed by atoms with Gasteiger partial charge in [0.2, 0.25) is 10.0 Å². The number of hydrogen-bond donors (Lipinski definition) is 3.